The average molecular weight is 241 g/mol. The zero-order valence-corrected chi connectivity index (χ0v) is 10.9. The first-order valence-corrected chi connectivity index (χ1v) is 6.85. The predicted molar refractivity (Wildman–Crippen MR) is 70.2 cm³/mol. The molecule has 0 aromatic heterocycles. The Balaban J connectivity index is 1.91. The van der Waals surface area contributed by atoms with Gasteiger partial charge in [0.25, 0.3) is 0 Å². The van der Waals surface area contributed by atoms with Crippen LogP contribution in [0.5, 0.6) is 0 Å². The summed E-state index contributed by atoms with van der Waals surface area (Å²) in [5.41, 5.74) is 2.52. The van der Waals surface area contributed by atoms with Gasteiger partial charge in [-0.25, -0.2) is 0 Å². The fourth-order valence-corrected chi connectivity index (χ4v) is 3.13. The maximum atomic E-state index is 9.45. The third-order valence-electron chi connectivity index (χ3n) is 4.62. The van der Waals surface area contributed by atoms with E-state index < -0.39 is 0 Å². The molecule has 1 saturated heterocycles. The van der Waals surface area contributed by atoms with Crippen molar-refractivity contribution in [2.75, 3.05) is 13.2 Å². The molecule has 0 bridgehead atoms. The van der Waals surface area contributed by atoms with Gasteiger partial charge in [-0.3, -0.25) is 0 Å². The lowest BCUT2D eigenvalue weighted by atomic mass is 9.66. The standard InChI is InChI=1S/C16H19NO/c1-2-3-13-4-6-14(7-5-13)16(11-18-12-16)15(10-17)8-9-15/h4-7H,2-3,8-9,11-12H2,1H3. The number of nitriles is 1. The molecule has 18 heavy (non-hydrogen) atoms. The highest BCUT2D eigenvalue weighted by Gasteiger charge is 2.64. The molecule has 0 atom stereocenters. The van der Waals surface area contributed by atoms with Crippen LogP contribution in [-0.2, 0) is 16.6 Å². The molecule has 2 nitrogen and oxygen atoms in total. The normalized spacial score (nSPS) is 22.9. The van der Waals surface area contributed by atoms with Crippen LogP contribution >= 0.6 is 0 Å². The molecule has 0 unspecified atom stereocenters. The molecule has 1 aliphatic carbocycles. The highest BCUT2D eigenvalue weighted by atomic mass is 16.5. The molecule has 1 saturated carbocycles. The van der Waals surface area contributed by atoms with Crippen molar-refractivity contribution in [1.82, 2.24) is 0 Å². The molecule has 2 aliphatic rings. The van der Waals surface area contributed by atoms with Gasteiger partial charge in [-0.15, -0.1) is 0 Å². The molecule has 1 aromatic carbocycles. The number of aryl methyl sites for hydroxylation is 1. The third-order valence-corrected chi connectivity index (χ3v) is 4.62. The topological polar surface area (TPSA) is 33.0 Å². The van der Waals surface area contributed by atoms with Gasteiger partial charge in [-0.1, -0.05) is 37.6 Å². The molecule has 2 fully saturated rings. The second-order valence-corrected chi connectivity index (χ2v) is 5.72. The lowest BCUT2D eigenvalue weighted by Gasteiger charge is -2.45. The molecule has 1 heterocycles. The van der Waals surface area contributed by atoms with Crippen molar-refractivity contribution in [2.45, 2.75) is 38.0 Å². The van der Waals surface area contributed by atoms with E-state index in [1.165, 1.54) is 17.5 Å². The predicted octanol–water partition coefficient (Wildman–Crippen LogP) is 3.21. The molecule has 3 rings (SSSR count). The molecule has 0 radical (unpaired) electrons. The monoisotopic (exact) mass is 241 g/mol. The van der Waals surface area contributed by atoms with Crippen LogP contribution in [-0.4, -0.2) is 13.2 Å². The Bertz CT molecular complexity index is 475. The first-order chi connectivity index (χ1) is 8.76. The SMILES string of the molecule is CCCc1ccc(C2(C3(C#N)CC3)COC2)cc1. The van der Waals surface area contributed by atoms with E-state index in [0.717, 1.165) is 19.3 Å². The smallest absolute Gasteiger partial charge is 0.0716 e. The van der Waals surface area contributed by atoms with Crippen molar-refractivity contribution in [3.05, 3.63) is 35.4 Å². The number of hydrogen-bond donors (Lipinski definition) is 0. The lowest BCUT2D eigenvalue weighted by Crippen LogP contribution is -2.53. The van der Waals surface area contributed by atoms with E-state index in [2.05, 4.69) is 37.3 Å². The van der Waals surface area contributed by atoms with Crippen molar-refractivity contribution >= 4 is 0 Å². The maximum Gasteiger partial charge on any atom is 0.0716 e. The van der Waals surface area contributed by atoms with Crippen LogP contribution in [0.3, 0.4) is 0 Å². The van der Waals surface area contributed by atoms with Crippen LogP contribution in [0.15, 0.2) is 24.3 Å². The highest BCUT2D eigenvalue weighted by Crippen LogP contribution is 2.62. The zero-order valence-electron chi connectivity index (χ0n) is 10.9. The Morgan fingerprint density at radius 1 is 1.22 bits per heavy atom. The van der Waals surface area contributed by atoms with Crippen LogP contribution in [0.25, 0.3) is 0 Å². The summed E-state index contributed by atoms with van der Waals surface area (Å²) < 4.78 is 5.45. The van der Waals surface area contributed by atoms with Gasteiger partial charge in [0, 0.05) is 0 Å². The molecule has 94 valence electrons. The number of nitrogens with zero attached hydrogens (tertiary/aromatic N) is 1. The van der Waals surface area contributed by atoms with E-state index in [0.29, 0.717) is 13.2 Å². The minimum absolute atomic E-state index is 0.0213. The molecular weight excluding hydrogens is 222 g/mol. The van der Waals surface area contributed by atoms with Crippen molar-refractivity contribution in [3.8, 4) is 6.07 Å². The Morgan fingerprint density at radius 3 is 2.28 bits per heavy atom. The third kappa shape index (κ3) is 1.51. The summed E-state index contributed by atoms with van der Waals surface area (Å²) in [6.07, 6.45) is 4.37. The van der Waals surface area contributed by atoms with Gasteiger partial charge in [0.05, 0.1) is 30.1 Å². The van der Waals surface area contributed by atoms with E-state index in [1.807, 2.05) is 0 Å². The average Bonchev–Trinajstić information content (AvgIpc) is 3.12. The largest absolute Gasteiger partial charge is 0.379 e. The Kier molecular flexibility index (Phi) is 2.68. The molecular formula is C16H19NO. The minimum atomic E-state index is -0.141. The van der Waals surface area contributed by atoms with Crippen LogP contribution in [0.4, 0.5) is 0 Å². The quantitative estimate of drug-likeness (QED) is 0.811. The molecule has 0 N–H and O–H groups in total. The summed E-state index contributed by atoms with van der Waals surface area (Å²) in [5, 5.41) is 9.45. The fourth-order valence-electron chi connectivity index (χ4n) is 3.13. The molecule has 1 aromatic rings. The molecule has 0 amide bonds. The molecule has 1 aliphatic heterocycles. The Morgan fingerprint density at radius 2 is 1.89 bits per heavy atom. The lowest BCUT2D eigenvalue weighted by molar-refractivity contribution is -0.0867. The van der Waals surface area contributed by atoms with Gasteiger partial charge in [0.2, 0.25) is 0 Å². The van der Waals surface area contributed by atoms with Gasteiger partial charge in [-0.2, -0.15) is 5.26 Å². The molecule has 2 heteroatoms. The Hall–Kier alpha value is -1.33. The number of rotatable bonds is 4. The summed E-state index contributed by atoms with van der Waals surface area (Å²) >= 11 is 0. The number of benzene rings is 1. The fraction of sp³-hybridized carbons (Fsp3) is 0.562. The van der Waals surface area contributed by atoms with Gasteiger partial charge >= 0.3 is 0 Å². The summed E-state index contributed by atoms with van der Waals surface area (Å²) in [5.74, 6) is 0. The van der Waals surface area contributed by atoms with Crippen molar-refractivity contribution < 1.29 is 4.74 Å². The highest BCUT2D eigenvalue weighted by molar-refractivity contribution is 5.40. The summed E-state index contributed by atoms with van der Waals surface area (Å²) in [6, 6.07) is 11.4. The van der Waals surface area contributed by atoms with Crippen LogP contribution in [0.2, 0.25) is 0 Å². The van der Waals surface area contributed by atoms with E-state index in [9.17, 15) is 5.26 Å². The van der Waals surface area contributed by atoms with Crippen molar-refractivity contribution in [1.29, 1.82) is 5.26 Å². The van der Waals surface area contributed by atoms with E-state index in [1.54, 1.807) is 0 Å². The van der Waals surface area contributed by atoms with Crippen LogP contribution in [0.1, 0.15) is 37.3 Å². The number of hydrogen-bond acceptors (Lipinski definition) is 2. The minimum Gasteiger partial charge on any atom is -0.379 e. The summed E-state index contributed by atoms with van der Waals surface area (Å²) in [4.78, 5) is 0. The van der Waals surface area contributed by atoms with E-state index >= 15 is 0 Å². The first-order valence-electron chi connectivity index (χ1n) is 6.85. The second-order valence-electron chi connectivity index (χ2n) is 5.72. The van der Waals surface area contributed by atoms with Gasteiger partial charge < -0.3 is 4.74 Å². The second kappa shape index (κ2) is 4.10. The summed E-state index contributed by atoms with van der Waals surface area (Å²) in [6.45, 7) is 3.63. The number of ether oxygens (including phenoxy) is 1. The van der Waals surface area contributed by atoms with Crippen LogP contribution in [0, 0.1) is 16.7 Å². The summed E-state index contributed by atoms with van der Waals surface area (Å²) in [7, 11) is 0. The van der Waals surface area contributed by atoms with Crippen molar-refractivity contribution in [3.63, 3.8) is 0 Å². The first kappa shape index (κ1) is 11.7. The van der Waals surface area contributed by atoms with E-state index in [4.69, 9.17) is 4.74 Å². The van der Waals surface area contributed by atoms with E-state index in [-0.39, 0.29) is 10.8 Å². The van der Waals surface area contributed by atoms with Crippen LogP contribution < -0.4 is 0 Å². The molecule has 0 spiro atoms. The van der Waals surface area contributed by atoms with Gasteiger partial charge in [0.15, 0.2) is 0 Å². The maximum absolute atomic E-state index is 9.45. The van der Waals surface area contributed by atoms with Crippen molar-refractivity contribution in [2.24, 2.45) is 5.41 Å². The zero-order chi connectivity index (χ0) is 12.6. The van der Waals surface area contributed by atoms with Gasteiger partial charge in [0.1, 0.15) is 0 Å². The van der Waals surface area contributed by atoms with Gasteiger partial charge in [-0.05, 0) is 30.4 Å². The Labute approximate surface area is 109 Å².